The average molecular weight is 249 g/mol. The van der Waals surface area contributed by atoms with E-state index in [-0.39, 0.29) is 17.8 Å². The Morgan fingerprint density at radius 3 is 2.61 bits per heavy atom. The van der Waals surface area contributed by atoms with Crippen molar-refractivity contribution in [2.45, 2.75) is 26.8 Å². The summed E-state index contributed by atoms with van der Waals surface area (Å²) in [6.45, 7) is 5.76. The number of hydrogen-bond acceptors (Lipinski definition) is 4. The molecule has 0 fully saturated rings. The van der Waals surface area contributed by atoms with Crippen molar-refractivity contribution < 1.29 is 8.91 Å². The quantitative estimate of drug-likeness (QED) is 0.908. The Kier molecular flexibility index (Phi) is 3.43. The summed E-state index contributed by atoms with van der Waals surface area (Å²) in [5.74, 6) is 0.627. The first kappa shape index (κ1) is 12.7. The molecule has 2 N–H and O–H groups in total. The third kappa shape index (κ3) is 2.56. The lowest BCUT2D eigenvalue weighted by atomic mass is 10.1. The number of benzene rings is 1. The summed E-state index contributed by atoms with van der Waals surface area (Å²) in [6, 6.07) is 4.33. The number of nitrogens with two attached hydrogens (primary N) is 1. The Morgan fingerprint density at radius 2 is 2.00 bits per heavy atom. The largest absolute Gasteiger partial charge is 0.337 e. The van der Waals surface area contributed by atoms with Gasteiger partial charge in [0.25, 0.3) is 0 Å². The molecular weight excluding hydrogens is 233 g/mol. The van der Waals surface area contributed by atoms with Gasteiger partial charge in [-0.15, -0.1) is 0 Å². The minimum Gasteiger partial charge on any atom is -0.337 e. The fourth-order valence-electron chi connectivity index (χ4n) is 1.64. The molecule has 4 nitrogen and oxygen atoms in total. The van der Waals surface area contributed by atoms with E-state index >= 15 is 0 Å². The average Bonchev–Trinajstić information content (AvgIpc) is 2.75. The lowest BCUT2D eigenvalue weighted by Crippen LogP contribution is -2.16. The molecule has 0 aliphatic heterocycles. The summed E-state index contributed by atoms with van der Waals surface area (Å²) in [4.78, 5) is 4.21. The Labute approximate surface area is 105 Å². The molecule has 96 valence electrons. The summed E-state index contributed by atoms with van der Waals surface area (Å²) < 4.78 is 18.4. The van der Waals surface area contributed by atoms with Gasteiger partial charge in [-0.05, 0) is 36.6 Å². The maximum Gasteiger partial charge on any atom is 0.244 e. The van der Waals surface area contributed by atoms with Crippen LogP contribution in [0, 0.1) is 18.7 Å². The second kappa shape index (κ2) is 4.86. The van der Waals surface area contributed by atoms with Gasteiger partial charge in [-0.2, -0.15) is 4.98 Å². The van der Waals surface area contributed by atoms with Crippen LogP contribution in [0.25, 0.3) is 11.4 Å². The van der Waals surface area contributed by atoms with E-state index in [1.165, 1.54) is 12.1 Å². The minimum absolute atomic E-state index is 0.201. The third-order valence-corrected chi connectivity index (χ3v) is 2.75. The highest BCUT2D eigenvalue weighted by Crippen LogP contribution is 2.22. The lowest BCUT2D eigenvalue weighted by molar-refractivity contribution is 0.325. The molecule has 5 heteroatoms. The molecule has 1 unspecified atom stereocenters. The number of aromatic nitrogens is 2. The first-order valence-electron chi connectivity index (χ1n) is 5.84. The summed E-state index contributed by atoms with van der Waals surface area (Å²) in [7, 11) is 0. The Morgan fingerprint density at radius 1 is 1.28 bits per heavy atom. The van der Waals surface area contributed by atoms with Gasteiger partial charge in [-0.3, -0.25) is 0 Å². The van der Waals surface area contributed by atoms with Gasteiger partial charge in [0.2, 0.25) is 11.7 Å². The van der Waals surface area contributed by atoms with Crippen LogP contribution in [0.5, 0.6) is 0 Å². The van der Waals surface area contributed by atoms with Gasteiger partial charge in [0.1, 0.15) is 5.82 Å². The highest BCUT2D eigenvalue weighted by Gasteiger charge is 2.18. The Hall–Kier alpha value is -1.75. The van der Waals surface area contributed by atoms with E-state index < -0.39 is 0 Å². The highest BCUT2D eigenvalue weighted by atomic mass is 19.1. The van der Waals surface area contributed by atoms with Crippen molar-refractivity contribution in [2.75, 3.05) is 0 Å². The SMILES string of the molecule is Cc1cc(F)cc(-c2noc(C(N)C(C)C)n2)c1. The van der Waals surface area contributed by atoms with Crippen molar-refractivity contribution in [1.29, 1.82) is 0 Å². The molecule has 2 rings (SSSR count). The van der Waals surface area contributed by atoms with E-state index in [1.54, 1.807) is 6.07 Å². The van der Waals surface area contributed by atoms with Crippen LogP contribution in [-0.4, -0.2) is 10.1 Å². The van der Waals surface area contributed by atoms with E-state index in [4.69, 9.17) is 10.3 Å². The summed E-state index contributed by atoms with van der Waals surface area (Å²) in [5, 5.41) is 3.84. The first-order chi connectivity index (χ1) is 8.47. The standard InChI is InChI=1S/C13H16FN3O/c1-7(2)11(15)13-16-12(17-18-13)9-4-8(3)5-10(14)6-9/h4-7,11H,15H2,1-3H3. The van der Waals surface area contributed by atoms with Crippen LogP contribution in [0.1, 0.15) is 31.3 Å². The van der Waals surface area contributed by atoms with Crippen LogP contribution in [0.15, 0.2) is 22.7 Å². The molecule has 0 spiro atoms. The molecule has 0 radical (unpaired) electrons. The molecule has 0 aliphatic carbocycles. The maximum atomic E-state index is 13.3. The number of rotatable bonds is 3. The summed E-state index contributed by atoms with van der Waals surface area (Å²) >= 11 is 0. The predicted molar refractivity (Wildman–Crippen MR) is 66.2 cm³/mol. The molecule has 1 atom stereocenters. The molecule has 2 aromatic rings. The molecular formula is C13H16FN3O. The van der Waals surface area contributed by atoms with Crippen LogP contribution in [0.2, 0.25) is 0 Å². The molecule has 0 aliphatic rings. The predicted octanol–water partition coefficient (Wildman–Crippen LogP) is 2.84. The van der Waals surface area contributed by atoms with Crippen LogP contribution in [0.3, 0.4) is 0 Å². The summed E-state index contributed by atoms with van der Waals surface area (Å²) in [6.07, 6.45) is 0. The molecule has 0 saturated carbocycles. The zero-order valence-electron chi connectivity index (χ0n) is 10.6. The molecule has 18 heavy (non-hydrogen) atoms. The zero-order chi connectivity index (χ0) is 13.3. The third-order valence-electron chi connectivity index (χ3n) is 2.75. The summed E-state index contributed by atoms with van der Waals surface area (Å²) in [5.41, 5.74) is 7.32. The lowest BCUT2D eigenvalue weighted by Gasteiger charge is -2.09. The van der Waals surface area contributed by atoms with Crippen LogP contribution in [-0.2, 0) is 0 Å². The molecule has 1 aromatic carbocycles. The van der Waals surface area contributed by atoms with E-state index in [0.717, 1.165) is 5.56 Å². The van der Waals surface area contributed by atoms with Crippen LogP contribution < -0.4 is 5.73 Å². The van der Waals surface area contributed by atoms with Gasteiger partial charge in [0.05, 0.1) is 6.04 Å². The fraction of sp³-hybridized carbons (Fsp3) is 0.385. The van der Waals surface area contributed by atoms with Gasteiger partial charge in [-0.1, -0.05) is 19.0 Å². The highest BCUT2D eigenvalue weighted by molar-refractivity contribution is 5.55. The van der Waals surface area contributed by atoms with Gasteiger partial charge in [0.15, 0.2) is 0 Å². The zero-order valence-corrected chi connectivity index (χ0v) is 10.6. The second-order valence-electron chi connectivity index (χ2n) is 4.74. The van der Waals surface area contributed by atoms with Gasteiger partial charge < -0.3 is 10.3 Å². The number of nitrogens with zero attached hydrogens (tertiary/aromatic N) is 2. The second-order valence-corrected chi connectivity index (χ2v) is 4.74. The monoisotopic (exact) mass is 249 g/mol. The Bertz CT molecular complexity index is 531. The molecule has 0 bridgehead atoms. The van der Waals surface area contributed by atoms with Crippen molar-refractivity contribution in [3.8, 4) is 11.4 Å². The van der Waals surface area contributed by atoms with Crippen molar-refractivity contribution in [3.63, 3.8) is 0 Å². The number of aryl methyl sites for hydroxylation is 1. The number of halogens is 1. The van der Waals surface area contributed by atoms with E-state index in [0.29, 0.717) is 17.3 Å². The van der Waals surface area contributed by atoms with Crippen LogP contribution in [0.4, 0.5) is 4.39 Å². The van der Waals surface area contributed by atoms with Gasteiger partial charge in [-0.25, -0.2) is 4.39 Å². The molecule has 0 saturated heterocycles. The van der Waals surface area contributed by atoms with Gasteiger partial charge in [0, 0.05) is 5.56 Å². The minimum atomic E-state index is -0.315. The van der Waals surface area contributed by atoms with Crippen molar-refractivity contribution >= 4 is 0 Å². The fourth-order valence-corrected chi connectivity index (χ4v) is 1.64. The normalized spacial score (nSPS) is 13.0. The smallest absolute Gasteiger partial charge is 0.244 e. The van der Waals surface area contributed by atoms with E-state index in [2.05, 4.69) is 10.1 Å². The first-order valence-corrected chi connectivity index (χ1v) is 5.84. The molecule has 0 amide bonds. The van der Waals surface area contributed by atoms with Gasteiger partial charge >= 0.3 is 0 Å². The van der Waals surface area contributed by atoms with Crippen LogP contribution >= 0.6 is 0 Å². The number of hydrogen-bond donors (Lipinski definition) is 1. The van der Waals surface area contributed by atoms with Crippen molar-refractivity contribution in [3.05, 3.63) is 35.5 Å². The van der Waals surface area contributed by atoms with E-state index in [1.807, 2.05) is 20.8 Å². The topological polar surface area (TPSA) is 64.9 Å². The molecule has 1 heterocycles. The van der Waals surface area contributed by atoms with E-state index in [9.17, 15) is 4.39 Å². The molecule has 1 aromatic heterocycles. The maximum absolute atomic E-state index is 13.3. The van der Waals surface area contributed by atoms with Crippen molar-refractivity contribution in [1.82, 2.24) is 10.1 Å². The van der Waals surface area contributed by atoms with Crippen molar-refractivity contribution in [2.24, 2.45) is 11.7 Å². The Balaban J connectivity index is 2.35.